The number of pyridine rings is 1. The maximum Gasteiger partial charge on any atom is 0.124 e. The van der Waals surface area contributed by atoms with Crippen LogP contribution in [-0.2, 0) is 13.1 Å². The highest BCUT2D eigenvalue weighted by Crippen LogP contribution is 2.35. The number of para-hydroxylation sites is 1. The number of fused-ring (bicyclic) bond motifs is 2. The van der Waals surface area contributed by atoms with Crippen molar-refractivity contribution >= 4 is 33.1 Å². The van der Waals surface area contributed by atoms with Gasteiger partial charge in [0.15, 0.2) is 0 Å². The van der Waals surface area contributed by atoms with Crippen LogP contribution < -0.4 is 5.32 Å². The van der Waals surface area contributed by atoms with Crippen LogP contribution in [0.4, 0.5) is 11.4 Å². The number of piperazine rings is 2. The minimum absolute atomic E-state index is 0.435. The van der Waals surface area contributed by atoms with Gasteiger partial charge in [-0.05, 0) is 55.2 Å². The Hall–Kier alpha value is -4.01. The van der Waals surface area contributed by atoms with Crippen LogP contribution in [0.3, 0.4) is 0 Å². The number of phenols is 1. The first kappa shape index (κ1) is 28.7. The lowest BCUT2D eigenvalue weighted by Gasteiger charge is -2.34. The summed E-state index contributed by atoms with van der Waals surface area (Å²) in [6.45, 7) is 9.70. The smallest absolute Gasteiger partial charge is 0.124 e. The summed E-state index contributed by atoms with van der Waals surface area (Å²) < 4.78 is 0. The normalized spacial score (nSPS) is 17.4. The summed E-state index contributed by atoms with van der Waals surface area (Å²) in [4.78, 5) is 14.7. The summed E-state index contributed by atoms with van der Waals surface area (Å²) in [7, 11) is 4.36. The molecule has 3 heterocycles. The molecule has 0 amide bonds. The molecule has 2 saturated heterocycles. The van der Waals surface area contributed by atoms with Crippen LogP contribution in [0.1, 0.15) is 11.1 Å². The largest absolute Gasteiger partial charge is 0.507 e. The van der Waals surface area contributed by atoms with Crippen molar-refractivity contribution in [2.24, 2.45) is 0 Å². The van der Waals surface area contributed by atoms with E-state index in [1.54, 1.807) is 0 Å². The number of anilines is 2. The Morgan fingerprint density at radius 2 is 1.25 bits per heavy atom. The molecule has 2 aliphatic rings. The number of aromatic hydroxyl groups is 1. The van der Waals surface area contributed by atoms with E-state index < -0.39 is 0 Å². The second-order valence-corrected chi connectivity index (χ2v) is 12.6. The monoisotopic (exact) mass is 586 g/mol. The molecule has 44 heavy (non-hydrogen) atoms. The number of phenolic OH excluding ortho intramolecular Hbond substituents is 1. The van der Waals surface area contributed by atoms with E-state index in [2.05, 4.69) is 118 Å². The number of benzene rings is 4. The van der Waals surface area contributed by atoms with Crippen molar-refractivity contribution in [2.45, 2.75) is 13.1 Å². The van der Waals surface area contributed by atoms with Gasteiger partial charge in [-0.3, -0.25) is 9.80 Å². The summed E-state index contributed by atoms with van der Waals surface area (Å²) in [5.74, 6) is 0.435. The minimum Gasteiger partial charge on any atom is -0.507 e. The zero-order valence-electron chi connectivity index (χ0n) is 25.8. The number of nitrogens with one attached hydrogen (secondary N) is 1. The second kappa shape index (κ2) is 12.5. The molecule has 7 nitrogen and oxygen atoms in total. The molecular weight excluding hydrogens is 544 g/mol. The molecular formula is C37H42N6O. The Morgan fingerprint density at radius 3 is 1.91 bits per heavy atom. The van der Waals surface area contributed by atoms with Gasteiger partial charge in [0, 0.05) is 93.2 Å². The zero-order valence-corrected chi connectivity index (χ0v) is 25.8. The third-order valence-corrected chi connectivity index (χ3v) is 9.29. The topological polar surface area (TPSA) is 58.1 Å². The van der Waals surface area contributed by atoms with Crippen LogP contribution in [0.25, 0.3) is 32.9 Å². The van der Waals surface area contributed by atoms with Gasteiger partial charge in [-0.2, -0.15) is 0 Å². The predicted molar refractivity (Wildman–Crippen MR) is 182 cm³/mol. The maximum atomic E-state index is 11.6. The molecule has 2 fully saturated rings. The van der Waals surface area contributed by atoms with E-state index in [1.165, 1.54) is 10.8 Å². The second-order valence-electron chi connectivity index (χ2n) is 12.6. The van der Waals surface area contributed by atoms with Gasteiger partial charge < -0.3 is 20.2 Å². The third kappa shape index (κ3) is 6.28. The SMILES string of the molecule is CN1CCN(Cc2cc(Nc3cc(-c4ccc5ccccc5c4)nc4ccccc34)cc(CN3CCN(C)CC3)c2O)CC1. The Labute approximate surface area is 260 Å². The molecule has 0 spiro atoms. The standard InChI is InChI=1S/C37H42N6O/c1-40-13-17-42(18-14-40)25-30-22-32(23-31(37(30)44)26-43-19-15-41(2)16-20-43)38-36-24-35(39-34-10-6-5-9-33(34)36)29-12-11-27-7-3-4-8-28(27)21-29/h3-12,21-24,44H,13-20,25-26H2,1-2H3,(H,38,39). The first-order valence-electron chi connectivity index (χ1n) is 15.8. The van der Waals surface area contributed by atoms with Gasteiger partial charge >= 0.3 is 0 Å². The lowest BCUT2D eigenvalue weighted by atomic mass is 10.0. The molecule has 0 bridgehead atoms. The molecule has 4 aromatic carbocycles. The van der Waals surface area contributed by atoms with E-state index >= 15 is 0 Å². The molecule has 7 heteroatoms. The van der Waals surface area contributed by atoms with E-state index in [0.29, 0.717) is 5.75 Å². The van der Waals surface area contributed by atoms with Crippen molar-refractivity contribution in [3.63, 3.8) is 0 Å². The molecule has 5 aromatic rings. The van der Waals surface area contributed by atoms with Crippen molar-refractivity contribution in [3.8, 4) is 17.0 Å². The van der Waals surface area contributed by atoms with Gasteiger partial charge in [-0.25, -0.2) is 4.98 Å². The third-order valence-electron chi connectivity index (χ3n) is 9.29. The van der Waals surface area contributed by atoms with E-state index in [4.69, 9.17) is 4.98 Å². The number of rotatable bonds is 7. The van der Waals surface area contributed by atoms with Crippen molar-refractivity contribution in [1.82, 2.24) is 24.6 Å². The number of aromatic nitrogens is 1. The summed E-state index contributed by atoms with van der Waals surface area (Å²) in [6.07, 6.45) is 0. The fourth-order valence-corrected chi connectivity index (χ4v) is 6.50. The summed E-state index contributed by atoms with van der Waals surface area (Å²) in [5.41, 5.74) is 6.96. The summed E-state index contributed by atoms with van der Waals surface area (Å²) in [6, 6.07) is 29.8. The van der Waals surface area contributed by atoms with Gasteiger partial charge in [-0.1, -0.05) is 54.6 Å². The van der Waals surface area contributed by atoms with E-state index in [-0.39, 0.29) is 0 Å². The van der Waals surface area contributed by atoms with E-state index in [1.807, 2.05) is 6.07 Å². The highest BCUT2D eigenvalue weighted by Gasteiger charge is 2.21. The Balaban J connectivity index is 1.26. The summed E-state index contributed by atoms with van der Waals surface area (Å²) in [5, 5.41) is 18.9. The Bertz CT molecular complexity index is 1730. The fourth-order valence-electron chi connectivity index (χ4n) is 6.50. The molecule has 226 valence electrons. The Kier molecular flexibility index (Phi) is 8.19. The van der Waals surface area contributed by atoms with Crippen LogP contribution in [0.2, 0.25) is 0 Å². The molecule has 2 aliphatic heterocycles. The molecule has 0 unspecified atom stereocenters. The van der Waals surface area contributed by atoms with Crippen LogP contribution in [0.15, 0.2) is 84.9 Å². The average molecular weight is 587 g/mol. The molecule has 7 rings (SSSR count). The van der Waals surface area contributed by atoms with Crippen LogP contribution in [-0.4, -0.2) is 96.1 Å². The van der Waals surface area contributed by atoms with Gasteiger partial charge in [0.1, 0.15) is 5.75 Å². The van der Waals surface area contributed by atoms with Gasteiger partial charge in [0.25, 0.3) is 0 Å². The summed E-state index contributed by atoms with van der Waals surface area (Å²) >= 11 is 0. The fraction of sp³-hybridized carbons (Fsp3) is 0.324. The lowest BCUT2D eigenvalue weighted by molar-refractivity contribution is 0.144. The number of hydrogen-bond acceptors (Lipinski definition) is 7. The van der Waals surface area contributed by atoms with E-state index in [9.17, 15) is 5.11 Å². The van der Waals surface area contributed by atoms with Gasteiger partial charge in [0.2, 0.25) is 0 Å². The first-order chi connectivity index (χ1) is 21.5. The number of likely N-dealkylation sites (N-methyl/N-ethyl adjacent to an activating group) is 2. The zero-order chi connectivity index (χ0) is 30.0. The molecule has 0 aliphatic carbocycles. The maximum absolute atomic E-state index is 11.6. The first-order valence-corrected chi connectivity index (χ1v) is 15.8. The average Bonchev–Trinajstić information content (AvgIpc) is 3.05. The molecule has 0 radical (unpaired) electrons. The lowest BCUT2D eigenvalue weighted by Crippen LogP contribution is -2.44. The highest BCUT2D eigenvalue weighted by molar-refractivity contribution is 5.96. The quantitative estimate of drug-likeness (QED) is 0.227. The van der Waals surface area contributed by atoms with Crippen LogP contribution >= 0.6 is 0 Å². The van der Waals surface area contributed by atoms with Crippen molar-refractivity contribution in [2.75, 3.05) is 71.8 Å². The van der Waals surface area contributed by atoms with E-state index in [0.717, 1.165) is 110 Å². The van der Waals surface area contributed by atoms with Gasteiger partial charge in [0.05, 0.1) is 16.9 Å². The molecule has 1 aromatic heterocycles. The predicted octanol–water partition coefficient (Wildman–Crippen LogP) is 6.00. The van der Waals surface area contributed by atoms with Gasteiger partial charge in [-0.15, -0.1) is 0 Å². The molecule has 0 atom stereocenters. The van der Waals surface area contributed by atoms with Crippen LogP contribution in [0, 0.1) is 0 Å². The van der Waals surface area contributed by atoms with Crippen molar-refractivity contribution in [1.29, 1.82) is 0 Å². The van der Waals surface area contributed by atoms with Crippen LogP contribution in [0.5, 0.6) is 5.75 Å². The number of nitrogens with zero attached hydrogens (tertiary/aromatic N) is 5. The molecule has 0 saturated carbocycles. The number of hydrogen-bond donors (Lipinski definition) is 2. The van der Waals surface area contributed by atoms with Crippen molar-refractivity contribution in [3.05, 3.63) is 96.1 Å². The molecule has 2 N–H and O–H groups in total. The Morgan fingerprint density at radius 1 is 0.659 bits per heavy atom. The minimum atomic E-state index is 0.435. The highest BCUT2D eigenvalue weighted by atomic mass is 16.3. The van der Waals surface area contributed by atoms with Crippen molar-refractivity contribution < 1.29 is 5.11 Å².